The first-order valence-electron chi connectivity index (χ1n) is 6.71. The summed E-state index contributed by atoms with van der Waals surface area (Å²) in [6.07, 6.45) is 5.95. The molecule has 0 spiro atoms. The molecule has 4 heteroatoms. The van der Waals surface area contributed by atoms with Crippen LogP contribution in [0.15, 0.2) is 0 Å². The van der Waals surface area contributed by atoms with Gasteiger partial charge in [0.1, 0.15) is 0 Å². The molecule has 0 aromatic rings. The quantitative estimate of drug-likeness (QED) is 0.736. The summed E-state index contributed by atoms with van der Waals surface area (Å²) in [5, 5.41) is 0. The Morgan fingerprint density at radius 2 is 2.35 bits per heavy atom. The van der Waals surface area contributed by atoms with Gasteiger partial charge in [-0.3, -0.25) is 4.79 Å². The molecule has 1 heterocycles. The first kappa shape index (κ1) is 14.5. The first-order valence-corrected chi connectivity index (χ1v) is 6.71. The maximum atomic E-state index is 12.1. The molecule has 4 nitrogen and oxygen atoms in total. The molecule has 0 aromatic carbocycles. The van der Waals surface area contributed by atoms with E-state index >= 15 is 0 Å². The fourth-order valence-corrected chi connectivity index (χ4v) is 2.41. The van der Waals surface area contributed by atoms with Crippen molar-refractivity contribution in [2.24, 2.45) is 5.73 Å². The summed E-state index contributed by atoms with van der Waals surface area (Å²) in [6.45, 7) is 3.65. The van der Waals surface area contributed by atoms with Crippen LogP contribution in [-0.4, -0.2) is 43.2 Å². The van der Waals surface area contributed by atoms with Gasteiger partial charge in [-0.2, -0.15) is 0 Å². The van der Waals surface area contributed by atoms with Gasteiger partial charge in [0.05, 0.1) is 6.10 Å². The van der Waals surface area contributed by atoms with Gasteiger partial charge < -0.3 is 15.4 Å². The number of nitrogens with two attached hydrogens (primary N) is 1. The highest BCUT2D eigenvalue weighted by atomic mass is 16.5. The Labute approximate surface area is 104 Å². The molecule has 2 atom stereocenters. The van der Waals surface area contributed by atoms with E-state index in [0.29, 0.717) is 12.5 Å². The number of hydrogen-bond donors (Lipinski definition) is 1. The molecule has 0 radical (unpaired) electrons. The third-order valence-corrected chi connectivity index (χ3v) is 3.61. The van der Waals surface area contributed by atoms with Crippen LogP contribution in [0.1, 0.15) is 45.4 Å². The van der Waals surface area contributed by atoms with Crippen LogP contribution in [0.25, 0.3) is 0 Å². The average Bonchev–Trinajstić information content (AvgIpc) is 2.81. The highest BCUT2D eigenvalue weighted by Crippen LogP contribution is 2.22. The third-order valence-electron chi connectivity index (χ3n) is 3.61. The lowest BCUT2D eigenvalue weighted by atomic mass is 10.1. The Morgan fingerprint density at radius 1 is 1.59 bits per heavy atom. The summed E-state index contributed by atoms with van der Waals surface area (Å²) in [5.74, 6) is 0.286. The van der Waals surface area contributed by atoms with Crippen LogP contribution in [0.5, 0.6) is 0 Å². The number of methoxy groups -OCH3 is 1. The van der Waals surface area contributed by atoms with Crippen molar-refractivity contribution in [2.45, 2.75) is 57.6 Å². The molecule has 1 amide bonds. The molecule has 0 aliphatic carbocycles. The van der Waals surface area contributed by atoms with Gasteiger partial charge in [-0.1, -0.05) is 0 Å². The van der Waals surface area contributed by atoms with Crippen molar-refractivity contribution in [1.29, 1.82) is 0 Å². The lowest BCUT2D eigenvalue weighted by Crippen LogP contribution is -2.36. The van der Waals surface area contributed by atoms with Crippen LogP contribution in [0, 0.1) is 0 Å². The normalized spacial score (nSPS) is 21.8. The SMILES string of the molecule is COC(C)CCC(=O)N1CCCC1CCCN. The predicted octanol–water partition coefficient (Wildman–Crippen LogP) is 1.53. The highest BCUT2D eigenvalue weighted by Gasteiger charge is 2.27. The third kappa shape index (κ3) is 4.64. The van der Waals surface area contributed by atoms with Gasteiger partial charge in [0.2, 0.25) is 5.91 Å². The predicted molar refractivity (Wildman–Crippen MR) is 68.7 cm³/mol. The molecule has 17 heavy (non-hydrogen) atoms. The first-order chi connectivity index (χ1) is 8.19. The molecular weight excluding hydrogens is 216 g/mol. The van der Waals surface area contributed by atoms with Crippen molar-refractivity contribution >= 4 is 5.91 Å². The summed E-state index contributed by atoms with van der Waals surface area (Å²) in [4.78, 5) is 14.1. The van der Waals surface area contributed by atoms with Crippen molar-refractivity contribution in [2.75, 3.05) is 20.2 Å². The Hall–Kier alpha value is -0.610. The number of amides is 1. The minimum absolute atomic E-state index is 0.170. The highest BCUT2D eigenvalue weighted by molar-refractivity contribution is 5.76. The number of carbonyl (C=O) groups is 1. The van der Waals surface area contributed by atoms with E-state index in [1.165, 1.54) is 0 Å². The number of hydrogen-bond acceptors (Lipinski definition) is 3. The molecule has 0 aromatic heterocycles. The van der Waals surface area contributed by atoms with Gasteiger partial charge in [0.25, 0.3) is 0 Å². The minimum atomic E-state index is 0.170. The van der Waals surface area contributed by atoms with Crippen LogP contribution in [0.3, 0.4) is 0 Å². The Kier molecular flexibility index (Phi) is 6.52. The second-order valence-electron chi connectivity index (χ2n) is 4.90. The fraction of sp³-hybridized carbons (Fsp3) is 0.923. The van der Waals surface area contributed by atoms with Gasteiger partial charge in [0.15, 0.2) is 0 Å². The molecule has 2 unspecified atom stereocenters. The molecule has 100 valence electrons. The zero-order valence-corrected chi connectivity index (χ0v) is 11.2. The Bertz CT molecular complexity index is 233. The van der Waals surface area contributed by atoms with E-state index < -0.39 is 0 Å². The number of carbonyl (C=O) groups excluding carboxylic acids is 1. The fourth-order valence-electron chi connectivity index (χ4n) is 2.41. The number of ether oxygens (including phenoxy) is 1. The lowest BCUT2D eigenvalue weighted by molar-refractivity contribution is -0.132. The molecule has 1 aliphatic rings. The molecule has 1 saturated heterocycles. The van der Waals surface area contributed by atoms with Crippen LogP contribution >= 0.6 is 0 Å². The summed E-state index contributed by atoms with van der Waals surface area (Å²) in [6, 6.07) is 0.434. The average molecular weight is 242 g/mol. The zero-order valence-electron chi connectivity index (χ0n) is 11.2. The molecule has 1 rings (SSSR count). The molecule has 1 fully saturated rings. The van der Waals surface area contributed by atoms with Crippen molar-refractivity contribution < 1.29 is 9.53 Å². The zero-order chi connectivity index (χ0) is 12.7. The van der Waals surface area contributed by atoms with E-state index in [1.807, 2.05) is 6.92 Å². The van der Waals surface area contributed by atoms with E-state index in [9.17, 15) is 4.79 Å². The molecule has 2 N–H and O–H groups in total. The van der Waals surface area contributed by atoms with Crippen molar-refractivity contribution in [3.05, 3.63) is 0 Å². The topological polar surface area (TPSA) is 55.6 Å². The van der Waals surface area contributed by atoms with Crippen molar-refractivity contribution in [3.8, 4) is 0 Å². The van der Waals surface area contributed by atoms with E-state index in [-0.39, 0.29) is 12.0 Å². The number of nitrogens with zero attached hydrogens (tertiary/aromatic N) is 1. The monoisotopic (exact) mass is 242 g/mol. The maximum Gasteiger partial charge on any atom is 0.222 e. The summed E-state index contributed by atoms with van der Waals surface area (Å²) < 4.78 is 5.17. The molecule has 0 saturated carbocycles. The van der Waals surface area contributed by atoms with Gasteiger partial charge in [-0.05, 0) is 45.6 Å². The van der Waals surface area contributed by atoms with Gasteiger partial charge in [0, 0.05) is 26.1 Å². The summed E-state index contributed by atoms with van der Waals surface area (Å²) >= 11 is 0. The second-order valence-corrected chi connectivity index (χ2v) is 4.90. The van der Waals surface area contributed by atoms with Crippen LogP contribution in [0.2, 0.25) is 0 Å². The molecule has 1 aliphatic heterocycles. The molecule has 0 bridgehead atoms. The lowest BCUT2D eigenvalue weighted by Gasteiger charge is -2.25. The van der Waals surface area contributed by atoms with E-state index in [4.69, 9.17) is 10.5 Å². The van der Waals surface area contributed by atoms with Crippen molar-refractivity contribution in [3.63, 3.8) is 0 Å². The van der Waals surface area contributed by atoms with Crippen molar-refractivity contribution in [1.82, 2.24) is 4.90 Å². The minimum Gasteiger partial charge on any atom is -0.382 e. The summed E-state index contributed by atoms with van der Waals surface area (Å²) in [7, 11) is 1.69. The molecular formula is C13H26N2O2. The Morgan fingerprint density at radius 3 is 3.00 bits per heavy atom. The number of rotatable bonds is 7. The maximum absolute atomic E-state index is 12.1. The smallest absolute Gasteiger partial charge is 0.222 e. The second kappa shape index (κ2) is 7.67. The van der Waals surface area contributed by atoms with Gasteiger partial charge in [-0.15, -0.1) is 0 Å². The van der Waals surface area contributed by atoms with E-state index in [1.54, 1.807) is 7.11 Å². The van der Waals surface area contributed by atoms with Gasteiger partial charge >= 0.3 is 0 Å². The van der Waals surface area contributed by atoms with E-state index in [2.05, 4.69) is 4.90 Å². The van der Waals surface area contributed by atoms with E-state index in [0.717, 1.165) is 45.2 Å². The van der Waals surface area contributed by atoms with Crippen LogP contribution < -0.4 is 5.73 Å². The largest absolute Gasteiger partial charge is 0.382 e. The van der Waals surface area contributed by atoms with Crippen LogP contribution in [-0.2, 0) is 9.53 Å². The Balaban J connectivity index is 2.33. The number of likely N-dealkylation sites (tertiary alicyclic amines) is 1. The van der Waals surface area contributed by atoms with Crippen LogP contribution in [0.4, 0.5) is 0 Å². The summed E-state index contributed by atoms with van der Waals surface area (Å²) in [5.41, 5.74) is 5.52. The standard InChI is InChI=1S/C13H26N2O2/c1-11(17-2)7-8-13(16)15-10-4-6-12(15)5-3-9-14/h11-12H,3-10,14H2,1-2H3. The van der Waals surface area contributed by atoms with Gasteiger partial charge in [-0.25, -0.2) is 0 Å².